The second-order valence-electron chi connectivity index (χ2n) is 5.73. The third-order valence-corrected chi connectivity index (χ3v) is 3.82. The van der Waals surface area contributed by atoms with Crippen LogP contribution in [0.4, 0.5) is 0 Å². The molecule has 0 spiro atoms. The lowest BCUT2D eigenvalue weighted by molar-refractivity contribution is -0.122. The standard InChI is InChI=1S/C14H29N3O.ClH/c1-4-6-13(15)14(18)16-9-12(3)17-8-5-7-11(2)10-17;/h11-13H,4-10,15H2,1-3H3,(H,16,18);1H. The van der Waals surface area contributed by atoms with Crippen molar-refractivity contribution in [1.29, 1.82) is 0 Å². The van der Waals surface area contributed by atoms with Crippen LogP contribution >= 0.6 is 12.4 Å². The van der Waals surface area contributed by atoms with Gasteiger partial charge in [-0.15, -0.1) is 12.4 Å². The molecule has 3 atom stereocenters. The molecule has 0 aliphatic carbocycles. The first-order valence-corrected chi connectivity index (χ1v) is 7.32. The summed E-state index contributed by atoms with van der Waals surface area (Å²) in [4.78, 5) is 14.2. The van der Waals surface area contributed by atoms with Crippen molar-refractivity contribution in [1.82, 2.24) is 10.2 Å². The Morgan fingerprint density at radius 1 is 1.53 bits per heavy atom. The number of halogens is 1. The Balaban J connectivity index is 0.00000324. The summed E-state index contributed by atoms with van der Waals surface area (Å²) in [7, 11) is 0. The van der Waals surface area contributed by atoms with E-state index in [4.69, 9.17) is 5.73 Å². The highest BCUT2D eigenvalue weighted by Gasteiger charge is 2.21. The van der Waals surface area contributed by atoms with Gasteiger partial charge in [0.25, 0.3) is 0 Å². The summed E-state index contributed by atoms with van der Waals surface area (Å²) in [6, 6.07) is 0.0630. The lowest BCUT2D eigenvalue weighted by Gasteiger charge is -2.35. The van der Waals surface area contributed by atoms with Crippen LogP contribution in [-0.4, -0.2) is 42.5 Å². The van der Waals surface area contributed by atoms with Crippen molar-refractivity contribution in [3.63, 3.8) is 0 Å². The van der Waals surface area contributed by atoms with E-state index in [1.54, 1.807) is 0 Å². The second-order valence-corrected chi connectivity index (χ2v) is 5.73. The van der Waals surface area contributed by atoms with Gasteiger partial charge in [-0.25, -0.2) is 0 Å². The molecule has 1 rings (SSSR count). The van der Waals surface area contributed by atoms with E-state index >= 15 is 0 Å². The van der Waals surface area contributed by atoms with Crippen LogP contribution in [-0.2, 0) is 4.79 Å². The van der Waals surface area contributed by atoms with Crippen LogP contribution < -0.4 is 11.1 Å². The van der Waals surface area contributed by atoms with Crippen molar-refractivity contribution in [3.05, 3.63) is 0 Å². The van der Waals surface area contributed by atoms with Crippen molar-refractivity contribution >= 4 is 18.3 Å². The second kappa shape index (κ2) is 9.56. The molecule has 5 heteroatoms. The Kier molecular flexibility index (Phi) is 9.40. The fourth-order valence-corrected chi connectivity index (χ4v) is 2.58. The Morgan fingerprint density at radius 2 is 2.21 bits per heavy atom. The van der Waals surface area contributed by atoms with E-state index < -0.39 is 0 Å². The van der Waals surface area contributed by atoms with E-state index in [1.165, 1.54) is 12.8 Å². The molecule has 0 radical (unpaired) electrons. The fraction of sp³-hybridized carbons (Fsp3) is 0.929. The van der Waals surface area contributed by atoms with Crippen molar-refractivity contribution in [2.75, 3.05) is 19.6 Å². The topological polar surface area (TPSA) is 58.4 Å². The first-order chi connectivity index (χ1) is 8.54. The summed E-state index contributed by atoms with van der Waals surface area (Å²) in [6.45, 7) is 9.55. The van der Waals surface area contributed by atoms with Gasteiger partial charge in [0.2, 0.25) is 5.91 Å². The van der Waals surface area contributed by atoms with Gasteiger partial charge in [0.05, 0.1) is 6.04 Å². The van der Waals surface area contributed by atoms with Crippen molar-refractivity contribution in [3.8, 4) is 0 Å². The van der Waals surface area contributed by atoms with E-state index in [9.17, 15) is 4.79 Å². The predicted octanol–water partition coefficient (Wildman–Crippen LogP) is 1.77. The van der Waals surface area contributed by atoms with Gasteiger partial charge < -0.3 is 11.1 Å². The highest BCUT2D eigenvalue weighted by molar-refractivity contribution is 5.85. The van der Waals surface area contributed by atoms with E-state index in [0.717, 1.165) is 31.8 Å². The molecular formula is C14H30ClN3O. The molecule has 0 bridgehead atoms. The van der Waals surface area contributed by atoms with Gasteiger partial charge in [0, 0.05) is 19.1 Å². The third kappa shape index (κ3) is 6.59. The number of nitrogens with two attached hydrogens (primary N) is 1. The van der Waals surface area contributed by atoms with Crippen LogP contribution in [0.5, 0.6) is 0 Å². The predicted molar refractivity (Wildman–Crippen MR) is 82.6 cm³/mol. The largest absolute Gasteiger partial charge is 0.353 e. The number of carbonyl (C=O) groups excluding carboxylic acids is 1. The zero-order chi connectivity index (χ0) is 13.5. The maximum atomic E-state index is 11.7. The number of amides is 1. The minimum absolute atomic E-state index is 0. The molecule has 19 heavy (non-hydrogen) atoms. The first kappa shape index (κ1) is 18.7. The monoisotopic (exact) mass is 291 g/mol. The zero-order valence-corrected chi connectivity index (χ0v) is 13.3. The molecule has 114 valence electrons. The number of piperidine rings is 1. The normalized spacial score (nSPS) is 23.3. The highest BCUT2D eigenvalue weighted by Crippen LogP contribution is 2.17. The fourth-order valence-electron chi connectivity index (χ4n) is 2.58. The minimum atomic E-state index is -0.345. The number of hydrogen-bond acceptors (Lipinski definition) is 3. The lowest BCUT2D eigenvalue weighted by Crippen LogP contribution is -2.49. The summed E-state index contributed by atoms with van der Waals surface area (Å²) in [5.41, 5.74) is 5.79. The Bertz CT molecular complexity index is 263. The molecule has 1 saturated heterocycles. The maximum Gasteiger partial charge on any atom is 0.236 e. The van der Waals surface area contributed by atoms with Crippen LogP contribution in [0, 0.1) is 5.92 Å². The van der Waals surface area contributed by atoms with Crippen LogP contribution in [0.2, 0.25) is 0 Å². The van der Waals surface area contributed by atoms with Crippen LogP contribution in [0.3, 0.4) is 0 Å². The van der Waals surface area contributed by atoms with Gasteiger partial charge in [-0.1, -0.05) is 20.3 Å². The molecule has 3 N–H and O–H groups in total. The van der Waals surface area contributed by atoms with Gasteiger partial charge in [-0.2, -0.15) is 0 Å². The summed E-state index contributed by atoms with van der Waals surface area (Å²) in [6.07, 6.45) is 4.32. The van der Waals surface area contributed by atoms with E-state index in [1.807, 2.05) is 6.92 Å². The van der Waals surface area contributed by atoms with Crippen LogP contribution in [0.15, 0.2) is 0 Å². The summed E-state index contributed by atoms with van der Waals surface area (Å²) < 4.78 is 0. The summed E-state index contributed by atoms with van der Waals surface area (Å²) >= 11 is 0. The quantitative estimate of drug-likeness (QED) is 0.784. The molecule has 0 aromatic carbocycles. The van der Waals surface area contributed by atoms with Gasteiger partial charge in [0.15, 0.2) is 0 Å². The molecular weight excluding hydrogens is 262 g/mol. The number of nitrogens with zero attached hydrogens (tertiary/aromatic N) is 1. The van der Waals surface area contributed by atoms with E-state index in [2.05, 4.69) is 24.1 Å². The molecule has 1 aliphatic heterocycles. The average Bonchev–Trinajstić information content (AvgIpc) is 2.35. The van der Waals surface area contributed by atoms with Gasteiger partial charge in [-0.05, 0) is 38.6 Å². The van der Waals surface area contributed by atoms with Crippen LogP contribution in [0.1, 0.15) is 46.5 Å². The van der Waals surface area contributed by atoms with E-state index in [-0.39, 0.29) is 24.4 Å². The zero-order valence-electron chi connectivity index (χ0n) is 12.5. The Morgan fingerprint density at radius 3 is 2.79 bits per heavy atom. The average molecular weight is 292 g/mol. The molecule has 0 saturated carbocycles. The Hall–Kier alpha value is -0.320. The van der Waals surface area contributed by atoms with Gasteiger partial charge >= 0.3 is 0 Å². The van der Waals surface area contributed by atoms with Crippen molar-refractivity contribution < 1.29 is 4.79 Å². The van der Waals surface area contributed by atoms with Crippen molar-refractivity contribution in [2.24, 2.45) is 11.7 Å². The van der Waals surface area contributed by atoms with Crippen molar-refractivity contribution in [2.45, 2.75) is 58.5 Å². The molecule has 1 amide bonds. The molecule has 0 aromatic heterocycles. The molecule has 0 aromatic rings. The lowest BCUT2D eigenvalue weighted by atomic mass is 9.99. The molecule has 1 fully saturated rings. The van der Waals surface area contributed by atoms with E-state index in [0.29, 0.717) is 12.6 Å². The first-order valence-electron chi connectivity index (χ1n) is 7.32. The SMILES string of the molecule is CCCC(N)C(=O)NCC(C)N1CCCC(C)C1.Cl. The highest BCUT2D eigenvalue weighted by atomic mass is 35.5. The minimum Gasteiger partial charge on any atom is -0.353 e. The third-order valence-electron chi connectivity index (χ3n) is 3.82. The van der Waals surface area contributed by atoms with Crippen LogP contribution in [0.25, 0.3) is 0 Å². The number of carbonyl (C=O) groups is 1. The van der Waals surface area contributed by atoms with Gasteiger partial charge in [0.1, 0.15) is 0 Å². The smallest absolute Gasteiger partial charge is 0.236 e. The number of hydrogen-bond donors (Lipinski definition) is 2. The number of rotatable bonds is 6. The Labute approximate surface area is 123 Å². The number of likely N-dealkylation sites (tertiary alicyclic amines) is 1. The summed E-state index contributed by atoms with van der Waals surface area (Å²) in [5, 5.41) is 2.97. The molecule has 3 unspecified atom stereocenters. The maximum absolute atomic E-state index is 11.7. The van der Waals surface area contributed by atoms with Gasteiger partial charge in [-0.3, -0.25) is 9.69 Å². The molecule has 4 nitrogen and oxygen atoms in total. The number of nitrogens with one attached hydrogen (secondary N) is 1. The molecule has 1 heterocycles. The summed E-state index contributed by atoms with van der Waals surface area (Å²) in [5.74, 6) is 0.771. The molecule has 1 aliphatic rings.